The average molecular weight is 276 g/mol. The number of anilines is 2. The first-order valence-electron chi connectivity index (χ1n) is 5.47. The van der Waals surface area contributed by atoms with Gasteiger partial charge in [-0.1, -0.05) is 35.1 Å². The van der Waals surface area contributed by atoms with Crippen LogP contribution in [0.4, 0.5) is 10.9 Å². The molecule has 2 heterocycles. The summed E-state index contributed by atoms with van der Waals surface area (Å²) in [4.78, 5) is 8.68. The van der Waals surface area contributed by atoms with Gasteiger partial charge in [0.25, 0.3) is 0 Å². The number of benzene rings is 1. The van der Waals surface area contributed by atoms with Gasteiger partial charge in [-0.05, 0) is 36.8 Å². The van der Waals surface area contributed by atoms with Gasteiger partial charge >= 0.3 is 0 Å². The van der Waals surface area contributed by atoms with Crippen molar-refractivity contribution in [3.63, 3.8) is 0 Å². The largest absolute Gasteiger partial charge is 0.316 e. The number of thiazole rings is 1. The topological polar surface area (TPSA) is 37.8 Å². The molecule has 1 aromatic carbocycles. The molecule has 5 heteroatoms. The summed E-state index contributed by atoms with van der Waals surface area (Å²) < 4.78 is 1.17. The molecule has 0 saturated carbocycles. The van der Waals surface area contributed by atoms with Crippen molar-refractivity contribution in [1.82, 2.24) is 9.97 Å². The first kappa shape index (κ1) is 11.4. The highest BCUT2D eigenvalue weighted by Gasteiger charge is 2.04. The molecule has 0 aliphatic rings. The maximum atomic E-state index is 5.84. The Bertz CT molecular complexity index is 708. The number of rotatable bonds is 2. The molecule has 3 aromatic rings. The van der Waals surface area contributed by atoms with Crippen molar-refractivity contribution in [2.45, 2.75) is 6.92 Å². The molecule has 1 N–H and O–H groups in total. The van der Waals surface area contributed by atoms with E-state index >= 15 is 0 Å². The van der Waals surface area contributed by atoms with Crippen molar-refractivity contribution in [2.24, 2.45) is 0 Å². The first-order valence-corrected chi connectivity index (χ1v) is 6.67. The lowest BCUT2D eigenvalue weighted by molar-refractivity contribution is 1.30. The van der Waals surface area contributed by atoms with Gasteiger partial charge in [0.05, 0.1) is 10.2 Å². The third kappa shape index (κ3) is 2.30. The number of aromatic nitrogens is 2. The zero-order chi connectivity index (χ0) is 12.5. The van der Waals surface area contributed by atoms with Gasteiger partial charge in [-0.25, -0.2) is 9.97 Å². The van der Waals surface area contributed by atoms with Crippen LogP contribution >= 0.6 is 22.9 Å². The first-order chi connectivity index (χ1) is 8.70. The number of pyridine rings is 1. The van der Waals surface area contributed by atoms with E-state index in [2.05, 4.69) is 34.3 Å². The summed E-state index contributed by atoms with van der Waals surface area (Å²) in [5.74, 6) is 0.707. The summed E-state index contributed by atoms with van der Waals surface area (Å²) in [6.45, 7) is 2.07. The van der Waals surface area contributed by atoms with E-state index < -0.39 is 0 Å². The van der Waals surface area contributed by atoms with Crippen molar-refractivity contribution in [3.8, 4) is 0 Å². The molecule has 2 aromatic heterocycles. The number of nitrogens with zero attached hydrogens (tertiary/aromatic N) is 2. The van der Waals surface area contributed by atoms with Crippen LogP contribution in [0.15, 0.2) is 36.4 Å². The highest BCUT2D eigenvalue weighted by atomic mass is 35.5. The predicted molar refractivity (Wildman–Crippen MR) is 76.9 cm³/mol. The highest BCUT2D eigenvalue weighted by molar-refractivity contribution is 7.22. The SMILES string of the molecule is Cc1ccc2nc(Nc3cccc(Cl)n3)sc2c1. The summed E-state index contributed by atoms with van der Waals surface area (Å²) in [5.41, 5.74) is 2.23. The van der Waals surface area contributed by atoms with Crippen LogP contribution in [-0.4, -0.2) is 9.97 Å². The van der Waals surface area contributed by atoms with E-state index in [4.69, 9.17) is 11.6 Å². The minimum atomic E-state index is 0.469. The van der Waals surface area contributed by atoms with Crippen molar-refractivity contribution in [2.75, 3.05) is 5.32 Å². The quantitative estimate of drug-likeness (QED) is 0.705. The summed E-state index contributed by atoms with van der Waals surface area (Å²) >= 11 is 7.45. The molecular weight excluding hydrogens is 266 g/mol. The van der Waals surface area contributed by atoms with E-state index in [9.17, 15) is 0 Å². The molecule has 0 spiro atoms. The lowest BCUT2D eigenvalue weighted by Gasteiger charge is -2.00. The average Bonchev–Trinajstić information content (AvgIpc) is 2.70. The molecule has 18 heavy (non-hydrogen) atoms. The third-order valence-corrected chi connectivity index (χ3v) is 3.64. The molecule has 0 aliphatic carbocycles. The van der Waals surface area contributed by atoms with E-state index in [0.717, 1.165) is 10.6 Å². The molecule has 0 bridgehead atoms. The molecule has 0 amide bonds. The van der Waals surface area contributed by atoms with Crippen LogP contribution in [0.2, 0.25) is 5.15 Å². The maximum absolute atomic E-state index is 5.84. The van der Waals surface area contributed by atoms with Gasteiger partial charge in [0, 0.05) is 0 Å². The van der Waals surface area contributed by atoms with Gasteiger partial charge in [-0.2, -0.15) is 0 Å². The van der Waals surface area contributed by atoms with Crippen molar-refractivity contribution < 1.29 is 0 Å². The van der Waals surface area contributed by atoms with Crippen LogP contribution < -0.4 is 5.32 Å². The Hall–Kier alpha value is -1.65. The Labute approximate surface area is 113 Å². The van der Waals surface area contributed by atoms with Gasteiger partial charge in [-0.15, -0.1) is 0 Å². The molecule has 90 valence electrons. The molecule has 3 rings (SSSR count). The number of halogens is 1. The van der Waals surface area contributed by atoms with Gasteiger partial charge in [0.2, 0.25) is 0 Å². The summed E-state index contributed by atoms with van der Waals surface area (Å²) in [7, 11) is 0. The van der Waals surface area contributed by atoms with Crippen molar-refractivity contribution in [1.29, 1.82) is 0 Å². The molecule has 3 nitrogen and oxygen atoms in total. The second-order valence-corrected chi connectivity index (χ2v) is 5.38. The van der Waals surface area contributed by atoms with E-state index in [1.807, 2.05) is 18.2 Å². The smallest absolute Gasteiger partial charge is 0.189 e. The fraction of sp³-hybridized carbons (Fsp3) is 0.0769. The fourth-order valence-electron chi connectivity index (χ4n) is 1.67. The zero-order valence-electron chi connectivity index (χ0n) is 9.64. The van der Waals surface area contributed by atoms with Crippen LogP contribution in [0.1, 0.15) is 5.56 Å². The second-order valence-electron chi connectivity index (χ2n) is 3.96. The monoisotopic (exact) mass is 275 g/mol. The summed E-state index contributed by atoms with van der Waals surface area (Å²) in [6.07, 6.45) is 0. The van der Waals surface area contributed by atoms with Crippen molar-refractivity contribution >= 4 is 44.1 Å². The molecule has 0 atom stereocenters. The fourth-order valence-corrected chi connectivity index (χ4v) is 2.81. The molecular formula is C13H10ClN3S. The predicted octanol–water partition coefficient (Wildman–Crippen LogP) is 4.40. The Morgan fingerprint density at radius 1 is 1.17 bits per heavy atom. The lowest BCUT2D eigenvalue weighted by atomic mass is 10.2. The van der Waals surface area contributed by atoms with E-state index in [-0.39, 0.29) is 0 Å². The Morgan fingerprint density at radius 3 is 2.89 bits per heavy atom. The third-order valence-electron chi connectivity index (χ3n) is 2.49. The van der Waals surface area contributed by atoms with E-state index in [1.54, 1.807) is 17.4 Å². The molecule has 0 aliphatic heterocycles. The number of fused-ring (bicyclic) bond motifs is 1. The molecule has 0 unspecified atom stereocenters. The second kappa shape index (κ2) is 4.55. The minimum Gasteiger partial charge on any atom is -0.316 e. The van der Waals surface area contributed by atoms with Gasteiger partial charge in [-0.3, -0.25) is 0 Å². The van der Waals surface area contributed by atoms with Gasteiger partial charge in [0.1, 0.15) is 11.0 Å². The Kier molecular flexibility index (Phi) is 2.89. The Morgan fingerprint density at radius 2 is 2.06 bits per heavy atom. The standard InChI is InChI=1S/C13H10ClN3S/c1-8-5-6-9-10(7-8)18-13(15-9)17-12-4-2-3-11(14)16-12/h2-7H,1H3,(H,15,16,17). The van der Waals surface area contributed by atoms with Crippen molar-refractivity contribution in [3.05, 3.63) is 47.1 Å². The zero-order valence-corrected chi connectivity index (χ0v) is 11.2. The van der Waals surface area contributed by atoms with E-state index in [0.29, 0.717) is 11.0 Å². The van der Waals surface area contributed by atoms with Crippen LogP contribution in [-0.2, 0) is 0 Å². The Balaban J connectivity index is 1.95. The van der Waals surface area contributed by atoms with Gasteiger partial charge in [0.15, 0.2) is 5.13 Å². The normalized spacial score (nSPS) is 10.8. The molecule has 0 radical (unpaired) electrons. The maximum Gasteiger partial charge on any atom is 0.189 e. The number of hydrogen-bond donors (Lipinski definition) is 1. The van der Waals surface area contributed by atoms with E-state index in [1.165, 1.54) is 10.3 Å². The van der Waals surface area contributed by atoms with Crippen LogP contribution in [0.25, 0.3) is 10.2 Å². The number of nitrogens with one attached hydrogen (secondary N) is 1. The number of aryl methyl sites for hydroxylation is 1. The number of hydrogen-bond acceptors (Lipinski definition) is 4. The molecule has 0 saturated heterocycles. The summed E-state index contributed by atoms with van der Waals surface area (Å²) in [5, 5.41) is 4.46. The molecule has 0 fully saturated rings. The summed E-state index contributed by atoms with van der Waals surface area (Å²) in [6, 6.07) is 11.7. The highest BCUT2D eigenvalue weighted by Crippen LogP contribution is 2.28. The van der Waals surface area contributed by atoms with Gasteiger partial charge < -0.3 is 5.32 Å². The van der Waals surface area contributed by atoms with Crippen LogP contribution in [0, 0.1) is 6.92 Å². The minimum absolute atomic E-state index is 0.469. The van der Waals surface area contributed by atoms with Crippen LogP contribution in [0.3, 0.4) is 0 Å². The van der Waals surface area contributed by atoms with Crippen LogP contribution in [0.5, 0.6) is 0 Å². The lowest BCUT2D eigenvalue weighted by Crippen LogP contribution is -1.91.